The van der Waals surface area contributed by atoms with E-state index in [0.717, 1.165) is 16.7 Å². The zero-order chi connectivity index (χ0) is 27.3. The van der Waals surface area contributed by atoms with Gasteiger partial charge in [0.1, 0.15) is 29.3 Å². The number of aliphatic imine (C=N–C) groups is 2. The second-order valence-corrected chi connectivity index (χ2v) is 7.93. The SMILES string of the molecule is C/C1=C\NC(=O)/C(C)=N/C(=O)/C(C)=N/C(=O)C2(N)C=Cc3cccc(c3C2)OC1.O=C(O)C(F)(F)F. The molecular formula is C23H23F3N4O6. The predicted octanol–water partition coefficient (Wildman–Crippen LogP) is 1.97. The van der Waals surface area contributed by atoms with Crippen molar-refractivity contribution in [2.24, 2.45) is 15.7 Å². The summed E-state index contributed by atoms with van der Waals surface area (Å²) in [6.07, 6.45) is -0.0607. The van der Waals surface area contributed by atoms with Crippen LogP contribution in [-0.2, 0) is 25.6 Å². The molecule has 3 rings (SSSR count). The first kappa shape index (κ1) is 28.1. The third-order valence-electron chi connectivity index (χ3n) is 4.92. The maximum atomic E-state index is 12.8. The molecule has 192 valence electrons. The monoisotopic (exact) mass is 508 g/mol. The van der Waals surface area contributed by atoms with Crippen LogP contribution in [0.15, 0.2) is 46.0 Å². The van der Waals surface area contributed by atoms with E-state index in [2.05, 4.69) is 15.3 Å². The molecule has 10 nitrogen and oxygen atoms in total. The van der Waals surface area contributed by atoms with Gasteiger partial charge in [0.25, 0.3) is 17.7 Å². The zero-order valence-corrected chi connectivity index (χ0v) is 19.5. The lowest BCUT2D eigenvalue weighted by Crippen LogP contribution is -2.49. The summed E-state index contributed by atoms with van der Waals surface area (Å²) >= 11 is 0. The van der Waals surface area contributed by atoms with Crippen LogP contribution < -0.4 is 15.8 Å². The fourth-order valence-corrected chi connectivity index (χ4v) is 2.91. The van der Waals surface area contributed by atoms with Gasteiger partial charge in [0.2, 0.25) is 0 Å². The molecule has 0 fully saturated rings. The number of hydrogen-bond acceptors (Lipinski definition) is 6. The van der Waals surface area contributed by atoms with Gasteiger partial charge < -0.3 is 20.9 Å². The van der Waals surface area contributed by atoms with E-state index in [-0.39, 0.29) is 24.5 Å². The van der Waals surface area contributed by atoms with Crippen molar-refractivity contribution in [1.29, 1.82) is 0 Å². The van der Waals surface area contributed by atoms with Crippen molar-refractivity contribution < 1.29 is 42.2 Å². The van der Waals surface area contributed by atoms with E-state index in [1.54, 1.807) is 25.1 Å². The molecule has 1 heterocycles. The maximum Gasteiger partial charge on any atom is 0.490 e. The molecular weight excluding hydrogens is 485 g/mol. The Hall–Kier alpha value is -4.13. The zero-order valence-electron chi connectivity index (χ0n) is 19.5. The molecule has 1 aliphatic carbocycles. The lowest BCUT2D eigenvalue weighted by molar-refractivity contribution is -0.192. The number of nitrogens with one attached hydrogen (secondary N) is 1. The van der Waals surface area contributed by atoms with Crippen LogP contribution in [0.4, 0.5) is 13.2 Å². The summed E-state index contributed by atoms with van der Waals surface area (Å²) in [6, 6.07) is 5.55. The summed E-state index contributed by atoms with van der Waals surface area (Å²) in [5, 5.41) is 9.69. The Morgan fingerprint density at radius 2 is 1.78 bits per heavy atom. The quantitative estimate of drug-likeness (QED) is 0.483. The molecule has 1 aromatic rings. The maximum absolute atomic E-state index is 12.8. The number of nitrogens with zero attached hydrogens (tertiary/aromatic N) is 2. The third-order valence-corrected chi connectivity index (χ3v) is 4.92. The number of carbonyl (C=O) groups is 4. The van der Waals surface area contributed by atoms with Gasteiger partial charge in [-0.3, -0.25) is 14.4 Å². The van der Waals surface area contributed by atoms with Gasteiger partial charge in [-0.25, -0.2) is 14.8 Å². The number of carboxylic acid groups (broad SMARTS) is 1. The minimum Gasteiger partial charge on any atom is -0.489 e. The number of carbonyl (C=O) groups excluding carboxylic acids is 3. The predicted molar refractivity (Wildman–Crippen MR) is 123 cm³/mol. The van der Waals surface area contributed by atoms with Crippen LogP contribution in [0.3, 0.4) is 0 Å². The molecule has 1 aromatic carbocycles. The highest BCUT2D eigenvalue weighted by Gasteiger charge is 2.38. The number of halogens is 3. The Kier molecular flexibility index (Phi) is 8.65. The third kappa shape index (κ3) is 7.18. The standard InChI is InChI=1S/C21H22N4O4.C2HF3O2/c1-12-10-23-18(26)13(2)24-19(27)14(3)25-20(28)21(22)8-7-15-5-4-6-17(29-11-12)16(15)9-21;3-2(4,5)1(6)7/h4-8,10H,9,11,22H2,1-3H3,(H,23,26);(H,6,7)/b12-10+,24-13+,25-14+;. The summed E-state index contributed by atoms with van der Waals surface area (Å²) < 4.78 is 37.6. The molecule has 13 heteroatoms. The molecule has 1 atom stereocenters. The van der Waals surface area contributed by atoms with Crippen molar-refractivity contribution >= 4 is 41.2 Å². The highest BCUT2D eigenvalue weighted by Crippen LogP contribution is 2.32. The summed E-state index contributed by atoms with van der Waals surface area (Å²) in [6.45, 7) is 4.78. The number of aliphatic carboxylic acids is 1. The fraction of sp³-hybridized carbons (Fsp3) is 0.304. The molecule has 0 saturated carbocycles. The Morgan fingerprint density at radius 1 is 1.14 bits per heavy atom. The van der Waals surface area contributed by atoms with Crippen LogP contribution in [0.25, 0.3) is 6.08 Å². The average molecular weight is 508 g/mol. The van der Waals surface area contributed by atoms with Gasteiger partial charge in [-0.05, 0) is 38.0 Å². The molecule has 4 N–H and O–H groups in total. The summed E-state index contributed by atoms with van der Waals surface area (Å²) in [7, 11) is 0. The normalized spacial score (nSPS) is 25.0. The molecule has 3 amide bonds. The molecule has 0 saturated heterocycles. The first-order chi connectivity index (χ1) is 16.6. The number of nitrogens with two attached hydrogens (primary N) is 1. The van der Waals surface area contributed by atoms with Gasteiger partial charge in [-0.15, -0.1) is 0 Å². The lowest BCUT2D eigenvalue weighted by Gasteiger charge is -2.28. The van der Waals surface area contributed by atoms with Crippen LogP contribution >= 0.6 is 0 Å². The van der Waals surface area contributed by atoms with E-state index in [9.17, 15) is 27.6 Å². The smallest absolute Gasteiger partial charge is 0.489 e. The molecule has 0 aromatic heterocycles. The highest BCUT2D eigenvalue weighted by atomic mass is 19.4. The largest absolute Gasteiger partial charge is 0.490 e. The number of benzene rings is 1. The molecule has 36 heavy (non-hydrogen) atoms. The number of alkyl halides is 3. The molecule has 0 radical (unpaired) electrons. The van der Waals surface area contributed by atoms with Crippen LogP contribution in [0, 0.1) is 0 Å². The molecule has 2 aliphatic rings. The second kappa shape index (κ2) is 11.1. The van der Waals surface area contributed by atoms with Crippen LogP contribution in [0.1, 0.15) is 31.9 Å². The molecule has 0 spiro atoms. The van der Waals surface area contributed by atoms with E-state index < -0.39 is 35.4 Å². The first-order valence-corrected chi connectivity index (χ1v) is 10.3. The number of hydrogen-bond donors (Lipinski definition) is 3. The Morgan fingerprint density at radius 3 is 2.39 bits per heavy atom. The van der Waals surface area contributed by atoms with Crippen molar-refractivity contribution in [3.05, 3.63) is 47.2 Å². The minimum absolute atomic E-state index is 0.0518. The van der Waals surface area contributed by atoms with Gasteiger partial charge in [-0.2, -0.15) is 13.2 Å². The van der Waals surface area contributed by atoms with Gasteiger partial charge in [-0.1, -0.05) is 24.3 Å². The number of carboxylic acids is 1. The van der Waals surface area contributed by atoms with E-state index in [0.29, 0.717) is 5.75 Å². The summed E-state index contributed by atoms with van der Waals surface area (Å²) in [4.78, 5) is 53.6. The fourth-order valence-electron chi connectivity index (χ4n) is 2.91. The van der Waals surface area contributed by atoms with Gasteiger partial charge in [0.15, 0.2) is 0 Å². The minimum atomic E-state index is -5.08. The average Bonchev–Trinajstić information content (AvgIpc) is 2.80. The molecule has 2 bridgehead atoms. The first-order valence-electron chi connectivity index (χ1n) is 10.3. The molecule has 1 unspecified atom stereocenters. The Balaban J connectivity index is 0.000000572. The van der Waals surface area contributed by atoms with Gasteiger partial charge in [0.05, 0.1) is 0 Å². The van der Waals surface area contributed by atoms with Gasteiger partial charge in [0, 0.05) is 18.2 Å². The summed E-state index contributed by atoms with van der Waals surface area (Å²) in [5.41, 5.74) is 7.15. The molecule has 1 aliphatic heterocycles. The Bertz CT molecular complexity index is 1220. The van der Waals surface area contributed by atoms with Crippen molar-refractivity contribution in [1.82, 2.24) is 5.32 Å². The number of amides is 3. The van der Waals surface area contributed by atoms with Crippen molar-refractivity contribution in [3.63, 3.8) is 0 Å². The van der Waals surface area contributed by atoms with Crippen LogP contribution in [0.2, 0.25) is 0 Å². The van der Waals surface area contributed by atoms with Crippen molar-refractivity contribution in [2.75, 3.05) is 6.61 Å². The topological polar surface area (TPSA) is 161 Å². The highest BCUT2D eigenvalue weighted by molar-refractivity contribution is 6.47. The van der Waals surface area contributed by atoms with E-state index >= 15 is 0 Å². The number of ether oxygens (including phenoxy) is 1. The summed E-state index contributed by atoms with van der Waals surface area (Å²) in [5.74, 6) is -4.14. The van der Waals surface area contributed by atoms with E-state index in [4.69, 9.17) is 20.4 Å². The number of rotatable bonds is 0. The second-order valence-electron chi connectivity index (χ2n) is 7.93. The Labute approximate surface area is 203 Å². The lowest BCUT2D eigenvalue weighted by atomic mass is 9.83. The van der Waals surface area contributed by atoms with Gasteiger partial charge >= 0.3 is 12.1 Å². The van der Waals surface area contributed by atoms with Crippen LogP contribution in [0.5, 0.6) is 5.75 Å². The van der Waals surface area contributed by atoms with Crippen LogP contribution in [-0.4, -0.2) is 58.5 Å². The van der Waals surface area contributed by atoms with Crippen molar-refractivity contribution in [2.45, 2.75) is 38.9 Å². The number of fused-ring (bicyclic) bond motifs is 1. The van der Waals surface area contributed by atoms with Crippen molar-refractivity contribution in [3.8, 4) is 5.75 Å². The van der Waals surface area contributed by atoms with E-state index in [1.807, 2.05) is 12.1 Å². The van der Waals surface area contributed by atoms with E-state index in [1.165, 1.54) is 20.0 Å².